The molecule has 6 N–H and O–H groups in total. The summed E-state index contributed by atoms with van der Waals surface area (Å²) in [5.41, 5.74) is 7.15. The molecule has 0 atom stereocenters. The van der Waals surface area contributed by atoms with E-state index < -0.39 is 38.2 Å². The smallest absolute Gasteiger partial charge is 0.339 e. The Labute approximate surface area is 284 Å². The molecule has 0 saturated carbocycles. The molecule has 252 valence electrons. The number of phenolic OH excluding ortho intramolecular Hbond substituents is 1. The van der Waals surface area contributed by atoms with Crippen LogP contribution in [-0.2, 0) is 10.1 Å². The first-order valence-corrected chi connectivity index (χ1v) is 16.0. The van der Waals surface area contributed by atoms with Crippen LogP contribution in [0.1, 0.15) is 10.4 Å². The predicted octanol–water partition coefficient (Wildman–Crippen LogP) is 8.45. The van der Waals surface area contributed by atoms with Crippen molar-refractivity contribution in [3.63, 3.8) is 0 Å². The molecule has 0 radical (unpaired) electrons. The second-order valence-corrected chi connectivity index (χ2v) is 12.2. The molecule has 0 heterocycles. The number of phenols is 2. The minimum atomic E-state index is -4.81. The van der Waals surface area contributed by atoms with E-state index in [4.69, 9.17) is 15.2 Å². The Morgan fingerprint density at radius 1 is 0.680 bits per heavy atom. The molecule has 0 aliphatic carbocycles. The molecular weight excluding hydrogens is 666 g/mol. The minimum Gasteiger partial charge on any atom is -0.505 e. The lowest BCUT2D eigenvalue weighted by Crippen LogP contribution is -1.99. The standard InChI is InChI=1S/C35H27N5O9S/c1-48-28-14-18(8-11-26(28)37-39-31-23-6-4-3-5-20(23)13-25(34(31)42)35(43)44)19-9-12-27(29(15-19)49-2)38-40-32-30(50(45,46)47)16-21-7-10-22(36)17-24(21)33(32)41/h3-17,41-42H,36H2,1-2H3,(H,43,44)(H,45,46,47). The van der Waals surface area contributed by atoms with Gasteiger partial charge >= 0.3 is 5.97 Å². The van der Waals surface area contributed by atoms with E-state index in [0.29, 0.717) is 44.4 Å². The van der Waals surface area contributed by atoms with Gasteiger partial charge in [0, 0.05) is 16.5 Å². The fraction of sp³-hybridized carbons (Fsp3) is 0.0571. The quantitative estimate of drug-likeness (QED) is 0.0551. The van der Waals surface area contributed by atoms with Crippen molar-refractivity contribution >= 4 is 66.1 Å². The second-order valence-electron chi connectivity index (χ2n) is 10.8. The molecular formula is C35H27N5O9S. The Hall–Kier alpha value is -6.58. The summed E-state index contributed by atoms with van der Waals surface area (Å²) in [7, 11) is -1.96. The van der Waals surface area contributed by atoms with Crippen molar-refractivity contribution in [2.24, 2.45) is 20.5 Å². The molecule has 15 heteroatoms. The first-order chi connectivity index (χ1) is 23.9. The van der Waals surface area contributed by atoms with Crippen LogP contribution in [0.25, 0.3) is 32.7 Å². The average molecular weight is 694 g/mol. The largest absolute Gasteiger partial charge is 0.505 e. The third kappa shape index (κ3) is 6.33. The summed E-state index contributed by atoms with van der Waals surface area (Å²) in [6, 6.07) is 23.8. The van der Waals surface area contributed by atoms with E-state index in [9.17, 15) is 33.1 Å². The maximum atomic E-state index is 12.2. The number of nitrogens with two attached hydrogens (primary N) is 1. The summed E-state index contributed by atoms with van der Waals surface area (Å²) < 4.78 is 45.3. The molecule has 14 nitrogen and oxygen atoms in total. The highest BCUT2D eigenvalue weighted by Crippen LogP contribution is 2.44. The van der Waals surface area contributed by atoms with E-state index in [2.05, 4.69) is 20.5 Å². The molecule has 0 saturated heterocycles. The lowest BCUT2D eigenvalue weighted by Gasteiger charge is -2.11. The Kier molecular flexibility index (Phi) is 8.76. The molecule has 0 bridgehead atoms. The molecule has 0 unspecified atom stereocenters. The molecule has 6 aromatic rings. The lowest BCUT2D eigenvalue weighted by molar-refractivity contribution is 0.0694. The maximum Gasteiger partial charge on any atom is 0.339 e. The molecule has 6 rings (SSSR count). The number of aromatic carboxylic acids is 1. The summed E-state index contributed by atoms with van der Waals surface area (Å²) >= 11 is 0. The number of carboxylic acid groups (broad SMARTS) is 1. The Bertz CT molecular complexity index is 2520. The van der Waals surface area contributed by atoms with Crippen LogP contribution in [0.5, 0.6) is 23.0 Å². The van der Waals surface area contributed by atoms with Crippen molar-refractivity contribution in [2.75, 3.05) is 20.0 Å². The summed E-state index contributed by atoms with van der Waals surface area (Å²) in [6.07, 6.45) is 0. The van der Waals surface area contributed by atoms with Gasteiger partial charge in [-0.3, -0.25) is 4.55 Å². The zero-order chi connectivity index (χ0) is 35.7. The van der Waals surface area contributed by atoms with E-state index in [1.165, 1.54) is 38.5 Å². The molecule has 6 aromatic carbocycles. The van der Waals surface area contributed by atoms with E-state index in [0.717, 1.165) is 6.07 Å². The number of aromatic hydroxyl groups is 2. The van der Waals surface area contributed by atoms with Crippen molar-refractivity contribution in [1.29, 1.82) is 0 Å². The number of hydrogen-bond donors (Lipinski definition) is 5. The molecule has 0 aliphatic rings. The fourth-order valence-corrected chi connectivity index (χ4v) is 5.98. The number of methoxy groups -OCH3 is 2. The van der Waals surface area contributed by atoms with Crippen LogP contribution in [-0.4, -0.2) is 48.5 Å². The Balaban J connectivity index is 1.35. The van der Waals surface area contributed by atoms with Gasteiger partial charge in [0.2, 0.25) is 0 Å². The summed E-state index contributed by atoms with van der Waals surface area (Å²) in [5.74, 6) is -1.81. The number of rotatable bonds is 9. The van der Waals surface area contributed by atoms with Crippen LogP contribution in [0.3, 0.4) is 0 Å². The van der Waals surface area contributed by atoms with E-state index >= 15 is 0 Å². The SMILES string of the molecule is COc1cc(-c2ccc(N=Nc3c(O)c(C(=O)O)cc4ccccc34)c(OC)c2)ccc1N=Nc1c(S(=O)(=O)O)cc2ccc(N)cc2c1O. The van der Waals surface area contributed by atoms with Crippen molar-refractivity contribution in [3.05, 3.63) is 96.6 Å². The van der Waals surface area contributed by atoms with Gasteiger partial charge in [-0.25, -0.2) is 4.79 Å². The number of carboxylic acids is 1. The summed E-state index contributed by atoms with van der Waals surface area (Å²) in [4.78, 5) is 11.1. The first-order valence-electron chi connectivity index (χ1n) is 14.6. The minimum absolute atomic E-state index is 0.00836. The molecule has 0 aliphatic heterocycles. The van der Waals surface area contributed by atoms with Gasteiger partial charge in [-0.2, -0.15) is 8.42 Å². The van der Waals surface area contributed by atoms with Crippen LogP contribution < -0.4 is 15.2 Å². The third-order valence-electron chi connectivity index (χ3n) is 7.79. The monoisotopic (exact) mass is 693 g/mol. The van der Waals surface area contributed by atoms with Gasteiger partial charge in [-0.15, -0.1) is 20.5 Å². The van der Waals surface area contributed by atoms with E-state index in [1.54, 1.807) is 60.7 Å². The highest BCUT2D eigenvalue weighted by molar-refractivity contribution is 7.86. The van der Waals surface area contributed by atoms with Crippen molar-refractivity contribution in [1.82, 2.24) is 0 Å². The van der Waals surface area contributed by atoms with Crippen LogP contribution in [0, 0.1) is 0 Å². The van der Waals surface area contributed by atoms with Gasteiger partial charge in [0.15, 0.2) is 11.5 Å². The Morgan fingerprint density at radius 3 is 1.84 bits per heavy atom. The Morgan fingerprint density at radius 2 is 1.26 bits per heavy atom. The number of fused-ring (bicyclic) bond motifs is 2. The average Bonchev–Trinajstić information content (AvgIpc) is 3.10. The van der Waals surface area contributed by atoms with Gasteiger partial charge in [0.25, 0.3) is 10.1 Å². The number of hydrogen-bond acceptors (Lipinski definition) is 12. The summed E-state index contributed by atoms with van der Waals surface area (Å²) in [6.45, 7) is 0. The van der Waals surface area contributed by atoms with Gasteiger partial charge in [-0.1, -0.05) is 42.5 Å². The predicted molar refractivity (Wildman–Crippen MR) is 186 cm³/mol. The number of nitrogens with zero attached hydrogens (tertiary/aromatic N) is 4. The molecule has 0 aromatic heterocycles. The molecule has 0 amide bonds. The van der Waals surface area contributed by atoms with E-state index in [-0.39, 0.29) is 28.1 Å². The van der Waals surface area contributed by atoms with Crippen molar-refractivity contribution in [3.8, 4) is 34.1 Å². The van der Waals surface area contributed by atoms with Gasteiger partial charge < -0.3 is 30.5 Å². The van der Waals surface area contributed by atoms with Gasteiger partial charge in [0.05, 0.1) is 14.2 Å². The second kappa shape index (κ2) is 13.1. The molecule has 50 heavy (non-hydrogen) atoms. The van der Waals surface area contributed by atoms with Crippen LogP contribution in [0.4, 0.5) is 28.4 Å². The highest BCUT2D eigenvalue weighted by atomic mass is 32.2. The lowest BCUT2D eigenvalue weighted by atomic mass is 10.0. The normalized spacial score (nSPS) is 11.9. The number of nitrogen functional groups attached to an aromatic ring is 1. The van der Waals surface area contributed by atoms with Crippen LogP contribution in [0.15, 0.2) is 116 Å². The van der Waals surface area contributed by atoms with Gasteiger partial charge in [-0.05, 0) is 70.4 Å². The van der Waals surface area contributed by atoms with Crippen LogP contribution >= 0.6 is 0 Å². The van der Waals surface area contributed by atoms with E-state index in [1.807, 2.05) is 0 Å². The zero-order valence-corrected chi connectivity index (χ0v) is 27.1. The zero-order valence-electron chi connectivity index (χ0n) is 26.3. The van der Waals surface area contributed by atoms with Crippen molar-refractivity contribution in [2.45, 2.75) is 4.90 Å². The van der Waals surface area contributed by atoms with Crippen molar-refractivity contribution < 1.29 is 42.6 Å². The van der Waals surface area contributed by atoms with Crippen LogP contribution in [0.2, 0.25) is 0 Å². The number of ether oxygens (including phenoxy) is 2. The first kappa shape index (κ1) is 33.3. The molecule has 0 spiro atoms. The number of carbonyl (C=O) groups is 1. The highest BCUT2D eigenvalue weighted by Gasteiger charge is 2.23. The van der Waals surface area contributed by atoms with Gasteiger partial charge in [0.1, 0.15) is 44.7 Å². The summed E-state index contributed by atoms with van der Waals surface area (Å²) in [5, 5.41) is 49.3. The molecule has 0 fully saturated rings. The number of benzene rings is 6. The number of anilines is 1. The fourth-order valence-electron chi connectivity index (χ4n) is 5.32. The number of azo groups is 2. The third-order valence-corrected chi connectivity index (χ3v) is 8.66. The topological polar surface area (TPSA) is 226 Å². The maximum absolute atomic E-state index is 12.2.